The molecule has 2 heterocycles. The number of amides is 4. The molecule has 4 amide bonds. The van der Waals surface area contributed by atoms with Crippen LogP contribution in [0.5, 0.6) is 0 Å². The van der Waals surface area contributed by atoms with E-state index in [-0.39, 0.29) is 17.8 Å². The molecule has 0 aliphatic carbocycles. The minimum Gasteiger partial charge on any atom is -0.385 e. The monoisotopic (exact) mass is 390 g/mol. The fraction of sp³-hybridized carbons (Fsp3) is 0.526. The zero-order chi connectivity index (χ0) is 19.9. The fourth-order valence-electron chi connectivity index (χ4n) is 3.27. The van der Waals surface area contributed by atoms with Gasteiger partial charge < -0.3 is 20.1 Å². The van der Waals surface area contributed by atoms with Crippen LogP contribution in [0.15, 0.2) is 18.2 Å². The van der Waals surface area contributed by atoms with Crippen molar-refractivity contribution in [3.8, 4) is 0 Å². The highest BCUT2D eigenvalue weighted by atomic mass is 16.5. The number of carbonyl (C=O) groups is 3. The number of ether oxygens (including phenoxy) is 2. The zero-order valence-corrected chi connectivity index (χ0v) is 16.0. The number of carbonyl (C=O) groups excluding carboxylic acids is 3. The molecule has 0 saturated carbocycles. The molecule has 0 unspecified atom stereocenters. The van der Waals surface area contributed by atoms with E-state index < -0.39 is 0 Å². The summed E-state index contributed by atoms with van der Waals surface area (Å²) in [6, 6.07) is 4.41. The van der Waals surface area contributed by atoms with Crippen molar-refractivity contribution in [2.75, 3.05) is 65.0 Å². The van der Waals surface area contributed by atoms with Crippen molar-refractivity contribution in [3.05, 3.63) is 29.3 Å². The minimum atomic E-state index is -0.345. The van der Waals surface area contributed by atoms with Gasteiger partial charge in [-0.1, -0.05) is 0 Å². The maximum atomic E-state index is 12.5. The van der Waals surface area contributed by atoms with Crippen LogP contribution in [0.3, 0.4) is 0 Å². The van der Waals surface area contributed by atoms with Crippen LogP contribution in [0, 0.1) is 0 Å². The lowest BCUT2D eigenvalue weighted by atomic mass is 10.1. The summed E-state index contributed by atoms with van der Waals surface area (Å²) in [6.45, 7) is 5.23. The molecule has 0 bridgehead atoms. The Morgan fingerprint density at radius 1 is 1.14 bits per heavy atom. The van der Waals surface area contributed by atoms with Gasteiger partial charge in [-0.2, -0.15) is 0 Å². The van der Waals surface area contributed by atoms with Gasteiger partial charge in [0.05, 0.1) is 24.3 Å². The zero-order valence-electron chi connectivity index (χ0n) is 16.0. The predicted molar refractivity (Wildman–Crippen MR) is 103 cm³/mol. The highest BCUT2D eigenvalue weighted by Crippen LogP contribution is 2.26. The number of methoxy groups -OCH3 is 1. The second-order valence-corrected chi connectivity index (χ2v) is 6.70. The summed E-state index contributed by atoms with van der Waals surface area (Å²) in [6.07, 6.45) is 0.582. The van der Waals surface area contributed by atoms with Gasteiger partial charge in [-0.05, 0) is 24.6 Å². The van der Waals surface area contributed by atoms with Gasteiger partial charge in [0, 0.05) is 52.1 Å². The largest absolute Gasteiger partial charge is 0.385 e. The molecule has 1 saturated heterocycles. The van der Waals surface area contributed by atoms with Crippen molar-refractivity contribution >= 4 is 23.5 Å². The number of nitrogens with one attached hydrogen (secondary N) is 2. The Morgan fingerprint density at radius 2 is 1.89 bits per heavy atom. The molecule has 0 atom stereocenters. The number of hydrogen-bond acceptors (Lipinski definition) is 6. The van der Waals surface area contributed by atoms with E-state index in [0.717, 1.165) is 32.8 Å². The van der Waals surface area contributed by atoms with Gasteiger partial charge >= 0.3 is 6.03 Å². The third-order valence-corrected chi connectivity index (χ3v) is 4.78. The number of anilines is 1. The SMILES string of the molecule is COCCCN1C(=O)c2ccc(NC(=O)NCCN3CCOCC3)cc2C1=O. The molecule has 1 aromatic carbocycles. The number of hydrogen-bond donors (Lipinski definition) is 2. The molecule has 1 aromatic rings. The number of urea groups is 1. The Labute approximate surface area is 163 Å². The Kier molecular flexibility index (Phi) is 6.96. The predicted octanol–water partition coefficient (Wildman–Crippen LogP) is 0.773. The van der Waals surface area contributed by atoms with E-state index >= 15 is 0 Å². The summed E-state index contributed by atoms with van der Waals surface area (Å²) >= 11 is 0. The van der Waals surface area contributed by atoms with Gasteiger partial charge in [0.2, 0.25) is 0 Å². The van der Waals surface area contributed by atoms with Crippen LogP contribution >= 0.6 is 0 Å². The van der Waals surface area contributed by atoms with E-state index in [1.807, 2.05) is 0 Å². The molecular formula is C19H26N4O5. The van der Waals surface area contributed by atoms with Crippen LogP contribution in [-0.4, -0.2) is 87.3 Å². The van der Waals surface area contributed by atoms with E-state index in [1.54, 1.807) is 25.3 Å². The van der Waals surface area contributed by atoms with Crippen molar-refractivity contribution in [1.82, 2.24) is 15.1 Å². The summed E-state index contributed by atoms with van der Waals surface area (Å²) in [5.41, 5.74) is 1.15. The van der Waals surface area contributed by atoms with Crippen LogP contribution in [0.25, 0.3) is 0 Å². The molecule has 3 rings (SSSR count). The van der Waals surface area contributed by atoms with Gasteiger partial charge in [-0.15, -0.1) is 0 Å². The maximum Gasteiger partial charge on any atom is 0.319 e. The average molecular weight is 390 g/mol. The number of benzene rings is 1. The molecule has 2 N–H and O–H groups in total. The first kappa shape index (κ1) is 20.2. The lowest BCUT2D eigenvalue weighted by Crippen LogP contribution is -2.42. The molecule has 9 heteroatoms. The summed E-state index contributed by atoms with van der Waals surface area (Å²) in [5.74, 6) is -0.648. The highest BCUT2D eigenvalue weighted by Gasteiger charge is 2.35. The van der Waals surface area contributed by atoms with Crippen molar-refractivity contribution in [2.45, 2.75) is 6.42 Å². The fourth-order valence-corrected chi connectivity index (χ4v) is 3.27. The van der Waals surface area contributed by atoms with E-state index in [1.165, 1.54) is 4.90 Å². The minimum absolute atomic E-state index is 0.308. The summed E-state index contributed by atoms with van der Waals surface area (Å²) in [7, 11) is 1.58. The van der Waals surface area contributed by atoms with Gasteiger partial charge in [-0.25, -0.2) is 4.79 Å². The first-order valence-electron chi connectivity index (χ1n) is 9.44. The number of rotatable bonds is 8. The third kappa shape index (κ3) is 4.86. The molecule has 152 valence electrons. The Hall–Kier alpha value is -2.49. The molecule has 2 aliphatic rings. The Balaban J connectivity index is 1.52. The van der Waals surface area contributed by atoms with E-state index in [4.69, 9.17) is 9.47 Å². The van der Waals surface area contributed by atoms with Gasteiger partial charge in [0.1, 0.15) is 0 Å². The number of fused-ring (bicyclic) bond motifs is 1. The molecular weight excluding hydrogens is 364 g/mol. The first-order valence-corrected chi connectivity index (χ1v) is 9.44. The third-order valence-electron chi connectivity index (χ3n) is 4.78. The summed E-state index contributed by atoms with van der Waals surface area (Å²) < 4.78 is 10.3. The van der Waals surface area contributed by atoms with E-state index in [2.05, 4.69) is 15.5 Å². The van der Waals surface area contributed by atoms with Gasteiger partial charge in [0.25, 0.3) is 11.8 Å². The molecule has 9 nitrogen and oxygen atoms in total. The Bertz CT molecular complexity index is 733. The number of morpholine rings is 1. The van der Waals surface area contributed by atoms with E-state index in [9.17, 15) is 14.4 Å². The van der Waals surface area contributed by atoms with Crippen LogP contribution in [0.1, 0.15) is 27.1 Å². The summed E-state index contributed by atoms with van der Waals surface area (Å²) in [5, 5.41) is 5.52. The van der Waals surface area contributed by atoms with Gasteiger partial charge in [0.15, 0.2) is 0 Å². The number of nitrogens with zero attached hydrogens (tertiary/aromatic N) is 2. The first-order chi connectivity index (χ1) is 13.6. The lowest BCUT2D eigenvalue weighted by molar-refractivity contribution is 0.0388. The van der Waals surface area contributed by atoms with Crippen molar-refractivity contribution < 1.29 is 23.9 Å². The normalized spacial score (nSPS) is 17.0. The second-order valence-electron chi connectivity index (χ2n) is 6.70. The molecule has 2 aliphatic heterocycles. The molecule has 1 fully saturated rings. The highest BCUT2D eigenvalue weighted by molar-refractivity contribution is 6.21. The van der Waals surface area contributed by atoms with Gasteiger partial charge in [-0.3, -0.25) is 19.4 Å². The van der Waals surface area contributed by atoms with Crippen LogP contribution < -0.4 is 10.6 Å². The van der Waals surface area contributed by atoms with E-state index in [0.29, 0.717) is 42.9 Å². The van der Waals surface area contributed by atoms with Crippen LogP contribution in [-0.2, 0) is 9.47 Å². The average Bonchev–Trinajstić information content (AvgIpc) is 2.93. The second kappa shape index (κ2) is 9.63. The van der Waals surface area contributed by atoms with Crippen LogP contribution in [0.4, 0.5) is 10.5 Å². The number of imide groups is 1. The van der Waals surface area contributed by atoms with Crippen LogP contribution in [0.2, 0.25) is 0 Å². The molecule has 0 aromatic heterocycles. The maximum absolute atomic E-state index is 12.5. The molecule has 0 radical (unpaired) electrons. The quantitative estimate of drug-likeness (QED) is 0.502. The molecule has 0 spiro atoms. The van der Waals surface area contributed by atoms with Crippen molar-refractivity contribution in [2.24, 2.45) is 0 Å². The smallest absolute Gasteiger partial charge is 0.319 e. The topological polar surface area (TPSA) is 100 Å². The summed E-state index contributed by atoms with van der Waals surface area (Å²) in [4.78, 5) is 40.4. The van der Waals surface area contributed by atoms with Crippen molar-refractivity contribution in [1.29, 1.82) is 0 Å². The van der Waals surface area contributed by atoms with Crippen molar-refractivity contribution in [3.63, 3.8) is 0 Å². The lowest BCUT2D eigenvalue weighted by Gasteiger charge is -2.26. The standard InChI is InChI=1S/C19H26N4O5/c1-27-10-2-6-23-17(24)15-4-3-14(13-16(15)18(23)25)21-19(26)20-5-7-22-8-11-28-12-9-22/h3-4,13H,2,5-12H2,1H3,(H2,20,21,26). The molecule has 28 heavy (non-hydrogen) atoms. The Morgan fingerprint density at radius 3 is 2.64 bits per heavy atom.